The Morgan fingerprint density at radius 2 is 1.83 bits per heavy atom. The Morgan fingerprint density at radius 1 is 1.08 bits per heavy atom. The molecule has 0 aromatic rings. The fourth-order valence-electron chi connectivity index (χ4n) is 7.72. The maximum absolute atomic E-state index is 13.3. The summed E-state index contributed by atoms with van der Waals surface area (Å²) < 4.78 is 0. The molecule has 4 aliphatic carbocycles. The number of carbonyl (C=O) groups excluding carboxylic acids is 2. The second-order valence-electron chi connectivity index (χ2n) is 9.85. The molecule has 0 aromatic carbocycles. The lowest BCUT2D eigenvalue weighted by molar-refractivity contribution is -0.162. The average Bonchev–Trinajstić information content (AvgIpc) is 2.84. The van der Waals surface area contributed by atoms with Crippen LogP contribution < -0.4 is 0 Å². The summed E-state index contributed by atoms with van der Waals surface area (Å²) in [6.45, 7) is 6.28. The predicted octanol–water partition coefficient (Wildman–Crippen LogP) is 3.77. The maximum Gasteiger partial charge on any atom is 0.137 e. The standard InChI is InChI=1S/C21H32O3/c1-12(22)16-6-7-17-15-5-4-13-10-14(23)8-9-20(13,2)19(15)18(24)11-21(16,17)3/h13-17,19,23H,4-11H2,1-3H3/t13-,14-,15-,16-,17-,19+,20-,21-/m0/s1. The minimum Gasteiger partial charge on any atom is -0.393 e. The van der Waals surface area contributed by atoms with E-state index in [0.717, 1.165) is 44.9 Å². The zero-order chi connectivity index (χ0) is 17.3. The SMILES string of the molecule is CC(=O)[C@@H]1CC[C@H]2[C@@H]3CC[C@H]4C[C@@H](O)CC[C@]4(C)[C@H]3C(=O)C[C@@]12C. The van der Waals surface area contributed by atoms with Gasteiger partial charge in [-0.15, -0.1) is 0 Å². The van der Waals surface area contributed by atoms with Crippen molar-refractivity contribution in [3.8, 4) is 0 Å². The van der Waals surface area contributed by atoms with Crippen molar-refractivity contribution in [1.82, 2.24) is 0 Å². The topological polar surface area (TPSA) is 54.4 Å². The van der Waals surface area contributed by atoms with Gasteiger partial charge in [0.1, 0.15) is 11.6 Å². The third kappa shape index (κ3) is 2.12. The number of carbonyl (C=O) groups is 2. The van der Waals surface area contributed by atoms with Crippen molar-refractivity contribution in [3.05, 3.63) is 0 Å². The van der Waals surface area contributed by atoms with Gasteiger partial charge in [-0.1, -0.05) is 13.8 Å². The molecule has 4 aliphatic rings. The molecule has 0 amide bonds. The summed E-state index contributed by atoms with van der Waals surface area (Å²) in [7, 11) is 0. The minimum absolute atomic E-state index is 0.0782. The molecule has 8 atom stereocenters. The van der Waals surface area contributed by atoms with E-state index in [1.165, 1.54) is 0 Å². The highest BCUT2D eigenvalue weighted by Gasteiger charge is 2.63. The number of hydrogen-bond donors (Lipinski definition) is 1. The monoisotopic (exact) mass is 332 g/mol. The van der Waals surface area contributed by atoms with Crippen molar-refractivity contribution in [2.45, 2.75) is 78.2 Å². The summed E-state index contributed by atoms with van der Waals surface area (Å²) in [5.41, 5.74) is -0.0175. The summed E-state index contributed by atoms with van der Waals surface area (Å²) in [6.07, 6.45) is 7.53. The smallest absolute Gasteiger partial charge is 0.137 e. The van der Waals surface area contributed by atoms with Gasteiger partial charge in [0.25, 0.3) is 0 Å². The highest BCUT2D eigenvalue weighted by Crippen LogP contribution is 2.66. The van der Waals surface area contributed by atoms with Crippen LogP contribution in [0.15, 0.2) is 0 Å². The van der Waals surface area contributed by atoms with E-state index in [-0.39, 0.29) is 34.6 Å². The lowest BCUT2D eigenvalue weighted by Gasteiger charge is -2.59. The van der Waals surface area contributed by atoms with Gasteiger partial charge in [0.15, 0.2) is 0 Å². The number of aliphatic hydroxyl groups excluding tert-OH is 1. The van der Waals surface area contributed by atoms with Crippen LogP contribution in [0.25, 0.3) is 0 Å². The first-order chi connectivity index (χ1) is 11.3. The number of aliphatic hydroxyl groups is 1. The van der Waals surface area contributed by atoms with Gasteiger partial charge in [-0.05, 0) is 80.5 Å². The van der Waals surface area contributed by atoms with Crippen LogP contribution in [0.1, 0.15) is 72.1 Å². The number of fused-ring (bicyclic) bond motifs is 5. The number of Topliss-reactive ketones (excluding diaryl/α,β-unsaturated/α-hetero) is 2. The van der Waals surface area contributed by atoms with Crippen LogP contribution in [-0.2, 0) is 9.59 Å². The van der Waals surface area contributed by atoms with Gasteiger partial charge in [-0.25, -0.2) is 0 Å². The van der Waals surface area contributed by atoms with E-state index in [1.807, 2.05) is 0 Å². The molecule has 24 heavy (non-hydrogen) atoms. The van der Waals surface area contributed by atoms with Crippen LogP contribution in [0, 0.1) is 40.4 Å². The zero-order valence-electron chi connectivity index (χ0n) is 15.4. The van der Waals surface area contributed by atoms with Gasteiger partial charge in [-0.2, -0.15) is 0 Å². The molecule has 1 N–H and O–H groups in total. The average molecular weight is 332 g/mol. The lowest BCUT2D eigenvalue weighted by atomic mass is 9.44. The van der Waals surface area contributed by atoms with E-state index in [9.17, 15) is 14.7 Å². The first kappa shape index (κ1) is 16.8. The summed E-state index contributed by atoms with van der Waals surface area (Å²) in [6, 6.07) is 0. The van der Waals surface area contributed by atoms with Gasteiger partial charge in [0.2, 0.25) is 0 Å². The van der Waals surface area contributed by atoms with Crippen molar-refractivity contribution >= 4 is 11.6 Å². The third-order valence-electron chi connectivity index (χ3n) is 8.81. The second-order valence-corrected chi connectivity index (χ2v) is 9.85. The van der Waals surface area contributed by atoms with Gasteiger partial charge < -0.3 is 5.11 Å². The number of ketones is 2. The van der Waals surface area contributed by atoms with Crippen molar-refractivity contribution in [2.24, 2.45) is 40.4 Å². The van der Waals surface area contributed by atoms with E-state index < -0.39 is 0 Å². The Kier molecular flexibility index (Phi) is 3.77. The lowest BCUT2D eigenvalue weighted by Crippen LogP contribution is -2.58. The molecular formula is C21H32O3. The predicted molar refractivity (Wildman–Crippen MR) is 92.3 cm³/mol. The summed E-state index contributed by atoms with van der Waals surface area (Å²) in [4.78, 5) is 25.5. The zero-order valence-corrected chi connectivity index (χ0v) is 15.4. The van der Waals surface area contributed by atoms with Crippen LogP contribution in [0.2, 0.25) is 0 Å². The molecule has 0 aromatic heterocycles. The van der Waals surface area contributed by atoms with Crippen LogP contribution in [0.4, 0.5) is 0 Å². The van der Waals surface area contributed by atoms with Crippen LogP contribution in [-0.4, -0.2) is 22.8 Å². The molecule has 4 saturated carbocycles. The molecule has 3 nitrogen and oxygen atoms in total. The first-order valence-electron chi connectivity index (χ1n) is 9.98. The molecule has 0 heterocycles. The molecule has 0 unspecified atom stereocenters. The van der Waals surface area contributed by atoms with Gasteiger partial charge in [-0.3, -0.25) is 9.59 Å². The molecule has 4 fully saturated rings. The first-order valence-corrected chi connectivity index (χ1v) is 9.98. The summed E-state index contributed by atoms with van der Waals surface area (Å²) in [5.74, 6) is 2.48. The Bertz CT molecular complexity index is 569. The highest BCUT2D eigenvalue weighted by molar-refractivity contribution is 5.87. The molecule has 0 spiro atoms. The third-order valence-corrected chi connectivity index (χ3v) is 8.81. The highest BCUT2D eigenvalue weighted by atomic mass is 16.3. The second kappa shape index (κ2) is 5.40. The summed E-state index contributed by atoms with van der Waals surface area (Å²) in [5, 5.41) is 10.1. The van der Waals surface area contributed by atoms with Gasteiger partial charge in [0.05, 0.1) is 6.10 Å². The van der Waals surface area contributed by atoms with Crippen LogP contribution in [0.3, 0.4) is 0 Å². The van der Waals surface area contributed by atoms with Crippen LogP contribution in [0.5, 0.6) is 0 Å². The quantitative estimate of drug-likeness (QED) is 0.795. The number of rotatable bonds is 1. The van der Waals surface area contributed by atoms with E-state index in [0.29, 0.717) is 30.0 Å². The Labute approximate surface area is 145 Å². The van der Waals surface area contributed by atoms with E-state index in [1.54, 1.807) is 6.92 Å². The normalized spacial score (nSPS) is 53.9. The van der Waals surface area contributed by atoms with Gasteiger partial charge in [0, 0.05) is 18.3 Å². The van der Waals surface area contributed by atoms with Crippen LogP contribution >= 0.6 is 0 Å². The Morgan fingerprint density at radius 3 is 2.54 bits per heavy atom. The fourth-order valence-corrected chi connectivity index (χ4v) is 7.72. The molecule has 0 radical (unpaired) electrons. The van der Waals surface area contributed by atoms with Crippen molar-refractivity contribution in [2.75, 3.05) is 0 Å². The molecule has 0 saturated heterocycles. The van der Waals surface area contributed by atoms with Crippen molar-refractivity contribution in [3.63, 3.8) is 0 Å². The molecule has 4 rings (SSSR count). The largest absolute Gasteiger partial charge is 0.393 e. The van der Waals surface area contributed by atoms with Crippen molar-refractivity contribution in [1.29, 1.82) is 0 Å². The van der Waals surface area contributed by atoms with E-state index in [2.05, 4.69) is 13.8 Å². The Hall–Kier alpha value is -0.700. The summed E-state index contributed by atoms with van der Waals surface area (Å²) >= 11 is 0. The minimum atomic E-state index is -0.169. The molecule has 0 bridgehead atoms. The number of hydrogen-bond acceptors (Lipinski definition) is 3. The van der Waals surface area contributed by atoms with E-state index in [4.69, 9.17) is 0 Å². The fraction of sp³-hybridized carbons (Fsp3) is 0.905. The molecule has 0 aliphatic heterocycles. The molecule has 134 valence electrons. The maximum atomic E-state index is 13.3. The van der Waals surface area contributed by atoms with Gasteiger partial charge >= 0.3 is 0 Å². The molecular weight excluding hydrogens is 300 g/mol. The Balaban J connectivity index is 1.68. The van der Waals surface area contributed by atoms with Crippen molar-refractivity contribution < 1.29 is 14.7 Å². The molecule has 3 heteroatoms. The van der Waals surface area contributed by atoms with E-state index >= 15 is 0 Å².